The van der Waals surface area contributed by atoms with Crippen LogP contribution in [0.2, 0.25) is 5.15 Å². The molecule has 1 aliphatic rings. The number of aryl methyl sites for hydroxylation is 1. The van der Waals surface area contributed by atoms with Crippen LogP contribution in [-0.4, -0.2) is 50.7 Å². The number of nitrogens with zero attached hydrogens (tertiary/aromatic N) is 3. The zero-order chi connectivity index (χ0) is 18.7. The Bertz CT molecular complexity index is 792. The summed E-state index contributed by atoms with van der Waals surface area (Å²) in [5.74, 6) is -0.176. The van der Waals surface area contributed by atoms with Gasteiger partial charge in [0.05, 0.1) is 18.2 Å². The molecule has 2 aromatic heterocycles. The highest BCUT2D eigenvalue weighted by molar-refractivity contribution is 6.29. The minimum Gasteiger partial charge on any atom is -0.391 e. The van der Waals surface area contributed by atoms with Gasteiger partial charge in [-0.15, -0.1) is 0 Å². The summed E-state index contributed by atoms with van der Waals surface area (Å²) in [5, 5.41) is 16.8. The van der Waals surface area contributed by atoms with E-state index in [1.165, 1.54) is 4.90 Å². The Morgan fingerprint density at radius 2 is 2.27 bits per heavy atom. The number of hydrogen-bond donors (Lipinski definition) is 2. The van der Waals surface area contributed by atoms with Crippen LogP contribution in [0.5, 0.6) is 0 Å². The third-order valence-corrected chi connectivity index (χ3v) is 4.38. The van der Waals surface area contributed by atoms with Crippen molar-refractivity contribution < 1.29 is 19.2 Å². The number of rotatable bonds is 5. The molecule has 2 unspecified atom stereocenters. The van der Waals surface area contributed by atoms with Crippen LogP contribution in [0.1, 0.15) is 23.4 Å². The first kappa shape index (κ1) is 18.3. The molecular formula is C17H19ClN4O4. The molecule has 1 fully saturated rings. The number of aliphatic hydroxyl groups excluding tert-OH is 1. The first-order valence-corrected chi connectivity index (χ1v) is 8.58. The fourth-order valence-electron chi connectivity index (χ4n) is 2.91. The van der Waals surface area contributed by atoms with E-state index in [2.05, 4.69) is 15.5 Å². The van der Waals surface area contributed by atoms with Crippen molar-refractivity contribution in [1.82, 2.24) is 20.4 Å². The highest BCUT2D eigenvalue weighted by atomic mass is 35.5. The summed E-state index contributed by atoms with van der Waals surface area (Å²) in [4.78, 5) is 30.4. The normalized spacial score (nSPS) is 19.6. The maximum absolute atomic E-state index is 12.5. The van der Waals surface area contributed by atoms with Crippen molar-refractivity contribution in [2.75, 3.05) is 6.54 Å². The van der Waals surface area contributed by atoms with Gasteiger partial charge in [0, 0.05) is 31.8 Å². The largest absolute Gasteiger partial charge is 0.391 e. The first-order valence-electron chi connectivity index (χ1n) is 8.20. The topological polar surface area (TPSA) is 109 Å². The number of pyridine rings is 1. The van der Waals surface area contributed by atoms with Crippen molar-refractivity contribution in [3.63, 3.8) is 0 Å². The van der Waals surface area contributed by atoms with E-state index in [1.54, 1.807) is 31.3 Å². The molecule has 26 heavy (non-hydrogen) atoms. The monoisotopic (exact) mass is 378 g/mol. The highest BCUT2D eigenvalue weighted by Gasteiger charge is 2.38. The molecule has 2 atom stereocenters. The van der Waals surface area contributed by atoms with Gasteiger partial charge in [-0.25, -0.2) is 4.98 Å². The van der Waals surface area contributed by atoms with Gasteiger partial charge in [-0.2, -0.15) is 0 Å². The average Bonchev–Trinajstić information content (AvgIpc) is 3.19. The molecule has 2 N–H and O–H groups in total. The van der Waals surface area contributed by atoms with E-state index < -0.39 is 12.1 Å². The van der Waals surface area contributed by atoms with E-state index in [-0.39, 0.29) is 37.7 Å². The van der Waals surface area contributed by atoms with E-state index in [9.17, 15) is 14.7 Å². The Morgan fingerprint density at radius 1 is 1.46 bits per heavy atom. The quantitative estimate of drug-likeness (QED) is 0.747. The van der Waals surface area contributed by atoms with Crippen LogP contribution in [0.4, 0.5) is 0 Å². The van der Waals surface area contributed by atoms with E-state index in [0.29, 0.717) is 16.6 Å². The molecule has 0 radical (unpaired) electrons. The lowest BCUT2D eigenvalue weighted by Gasteiger charge is -2.23. The fraction of sp³-hybridized carbons (Fsp3) is 0.412. The van der Waals surface area contributed by atoms with E-state index >= 15 is 0 Å². The molecule has 1 saturated heterocycles. The molecule has 0 aliphatic carbocycles. The van der Waals surface area contributed by atoms with Crippen LogP contribution >= 0.6 is 11.6 Å². The number of halogens is 1. The zero-order valence-corrected chi connectivity index (χ0v) is 14.9. The SMILES string of the molecule is Cc1cc(CC(=O)N2CC(O)CC2C(=O)NCc2ccc(Cl)nc2)on1. The van der Waals surface area contributed by atoms with Gasteiger partial charge in [0.15, 0.2) is 0 Å². The third-order valence-electron chi connectivity index (χ3n) is 4.16. The smallest absolute Gasteiger partial charge is 0.243 e. The Balaban J connectivity index is 1.61. The molecular weight excluding hydrogens is 360 g/mol. The number of β-amino-alcohol motifs (C(OH)–C–C–N with tert-alkyl or cyclic N) is 1. The summed E-state index contributed by atoms with van der Waals surface area (Å²) in [6, 6.07) is 4.35. The van der Waals surface area contributed by atoms with Gasteiger partial charge in [-0.3, -0.25) is 9.59 Å². The predicted molar refractivity (Wildman–Crippen MR) is 92.2 cm³/mol. The van der Waals surface area contributed by atoms with Gasteiger partial charge in [-0.1, -0.05) is 22.8 Å². The summed E-state index contributed by atoms with van der Waals surface area (Å²) < 4.78 is 5.05. The van der Waals surface area contributed by atoms with Crippen molar-refractivity contribution in [2.24, 2.45) is 0 Å². The molecule has 8 nitrogen and oxygen atoms in total. The van der Waals surface area contributed by atoms with E-state index in [0.717, 1.165) is 5.56 Å². The van der Waals surface area contributed by atoms with Crippen LogP contribution in [0.25, 0.3) is 0 Å². The second kappa shape index (κ2) is 7.84. The van der Waals surface area contributed by atoms with Crippen LogP contribution in [0.15, 0.2) is 28.9 Å². The lowest BCUT2D eigenvalue weighted by Crippen LogP contribution is -2.46. The van der Waals surface area contributed by atoms with E-state index in [4.69, 9.17) is 16.1 Å². The highest BCUT2D eigenvalue weighted by Crippen LogP contribution is 2.20. The molecule has 2 aromatic rings. The number of hydrogen-bond acceptors (Lipinski definition) is 6. The molecule has 138 valence electrons. The molecule has 2 amide bonds. The molecule has 9 heteroatoms. The first-order chi connectivity index (χ1) is 12.4. The maximum Gasteiger partial charge on any atom is 0.243 e. The van der Waals surface area contributed by atoms with Crippen LogP contribution in [0, 0.1) is 6.92 Å². The Kier molecular flexibility index (Phi) is 5.53. The van der Waals surface area contributed by atoms with Crippen molar-refractivity contribution >= 4 is 23.4 Å². The zero-order valence-electron chi connectivity index (χ0n) is 14.2. The van der Waals surface area contributed by atoms with Gasteiger partial charge in [0.25, 0.3) is 0 Å². The number of carbonyl (C=O) groups is 2. The summed E-state index contributed by atoms with van der Waals surface area (Å²) in [6.07, 6.45) is 1.04. The van der Waals surface area contributed by atoms with Gasteiger partial charge >= 0.3 is 0 Å². The number of likely N-dealkylation sites (tertiary alicyclic amines) is 1. The van der Waals surface area contributed by atoms with Crippen molar-refractivity contribution in [2.45, 2.75) is 38.5 Å². The predicted octanol–water partition coefficient (Wildman–Crippen LogP) is 0.852. The lowest BCUT2D eigenvalue weighted by atomic mass is 10.1. The van der Waals surface area contributed by atoms with Crippen LogP contribution in [-0.2, 0) is 22.6 Å². The van der Waals surface area contributed by atoms with Crippen LogP contribution < -0.4 is 5.32 Å². The summed E-state index contributed by atoms with van der Waals surface area (Å²) >= 11 is 5.73. The minimum atomic E-state index is -0.733. The van der Waals surface area contributed by atoms with Crippen molar-refractivity contribution in [1.29, 1.82) is 0 Å². The van der Waals surface area contributed by atoms with Gasteiger partial charge < -0.3 is 19.8 Å². The number of nitrogens with one attached hydrogen (secondary N) is 1. The molecule has 0 aromatic carbocycles. The molecule has 1 aliphatic heterocycles. The third kappa shape index (κ3) is 4.39. The molecule has 0 spiro atoms. The van der Waals surface area contributed by atoms with Gasteiger partial charge in [-0.05, 0) is 18.6 Å². The molecule has 0 saturated carbocycles. The maximum atomic E-state index is 12.5. The fourth-order valence-corrected chi connectivity index (χ4v) is 3.02. The Hall–Kier alpha value is -2.45. The second-order valence-corrected chi connectivity index (χ2v) is 6.66. The molecule has 3 heterocycles. The molecule has 3 rings (SSSR count). The summed E-state index contributed by atoms with van der Waals surface area (Å²) in [7, 11) is 0. The second-order valence-electron chi connectivity index (χ2n) is 6.27. The van der Waals surface area contributed by atoms with E-state index in [1.807, 2.05) is 0 Å². The Labute approximate surface area is 155 Å². The number of aromatic nitrogens is 2. The minimum absolute atomic E-state index is 0.00154. The van der Waals surface area contributed by atoms with Crippen LogP contribution in [0.3, 0.4) is 0 Å². The van der Waals surface area contributed by atoms with Crippen molar-refractivity contribution in [3.8, 4) is 0 Å². The van der Waals surface area contributed by atoms with Gasteiger partial charge in [0.2, 0.25) is 11.8 Å². The number of amides is 2. The number of aliphatic hydroxyl groups is 1. The lowest BCUT2D eigenvalue weighted by molar-refractivity contribution is -0.138. The standard InChI is InChI=1S/C17H19ClN4O4/c1-10-4-13(26-21-10)6-16(24)22-9-12(23)5-14(22)17(25)20-8-11-2-3-15(18)19-7-11/h2-4,7,12,14,23H,5-6,8-9H2,1H3,(H,20,25). The summed E-state index contributed by atoms with van der Waals surface area (Å²) in [5.41, 5.74) is 1.47. The van der Waals surface area contributed by atoms with Gasteiger partial charge in [0.1, 0.15) is 17.0 Å². The van der Waals surface area contributed by atoms with Crippen molar-refractivity contribution in [3.05, 3.63) is 46.6 Å². The average molecular weight is 379 g/mol. The molecule has 0 bridgehead atoms. The summed E-state index contributed by atoms with van der Waals surface area (Å²) in [6.45, 7) is 2.14. The Morgan fingerprint density at radius 3 is 2.92 bits per heavy atom. The number of carbonyl (C=O) groups excluding carboxylic acids is 2.